The number of nitrogens with zero attached hydrogens (tertiary/aromatic N) is 6. The molecule has 0 fully saturated rings. The second-order valence-corrected chi connectivity index (χ2v) is 5.59. The van der Waals surface area contributed by atoms with Crippen LogP contribution in [0.1, 0.15) is 16.2 Å². The van der Waals surface area contributed by atoms with Gasteiger partial charge >= 0.3 is 5.97 Å². The van der Waals surface area contributed by atoms with Gasteiger partial charge in [0.2, 0.25) is 5.82 Å². The Morgan fingerprint density at radius 2 is 2.07 bits per heavy atom. The number of aromatic nitrogens is 6. The third-order valence-electron chi connectivity index (χ3n) is 3.84. The van der Waals surface area contributed by atoms with E-state index in [1.165, 1.54) is 11.0 Å². The highest BCUT2D eigenvalue weighted by Gasteiger charge is 2.17. The van der Waals surface area contributed by atoms with Crippen molar-refractivity contribution in [3.63, 3.8) is 0 Å². The minimum Gasteiger partial charge on any atom is -0.497 e. The van der Waals surface area contributed by atoms with Crippen molar-refractivity contribution < 1.29 is 18.8 Å². The molecule has 0 radical (unpaired) electrons. The molecule has 0 spiro atoms. The Hall–Kier alpha value is -4.08. The number of benzene rings is 2. The number of para-hydroxylation sites is 1. The number of ether oxygens (including phenoxy) is 2. The Bertz CT molecular complexity index is 1090. The summed E-state index contributed by atoms with van der Waals surface area (Å²) < 4.78 is 17.0. The molecule has 0 aliphatic heterocycles. The number of hydrogen-bond acceptors (Lipinski definition) is 9. The van der Waals surface area contributed by atoms with Gasteiger partial charge in [0.05, 0.1) is 18.4 Å². The van der Waals surface area contributed by atoms with Crippen molar-refractivity contribution in [3.8, 4) is 22.8 Å². The maximum absolute atomic E-state index is 12.5. The van der Waals surface area contributed by atoms with E-state index in [1.54, 1.807) is 37.4 Å². The van der Waals surface area contributed by atoms with Gasteiger partial charge in [-0.1, -0.05) is 29.4 Å². The van der Waals surface area contributed by atoms with Crippen LogP contribution in [0.5, 0.6) is 5.75 Å². The first kappa shape index (κ1) is 17.3. The fraction of sp³-hybridized carbons (Fsp3) is 0.111. The molecule has 10 nitrogen and oxygen atoms in total. The molecule has 0 saturated heterocycles. The van der Waals surface area contributed by atoms with Crippen LogP contribution in [0.25, 0.3) is 17.1 Å². The van der Waals surface area contributed by atoms with Crippen LogP contribution >= 0.6 is 0 Å². The first-order valence-electron chi connectivity index (χ1n) is 8.21. The third-order valence-corrected chi connectivity index (χ3v) is 3.84. The molecular formula is C18H14N6O4. The minimum atomic E-state index is -0.563. The summed E-state index contributed by atoms with van der Waals surface area (Å²) in [6.07, 6.45) is 1.39. The van der Waals surface area contributed by atoms with Gasteiger partial charge in [0.1, 0.15) is 12.1 Å². The standard InChI is InChI=1S/C18H14N6O4/c1-26-13-6-4-5-12(9-13)17-20-16(28-21-17)10-27-18(25)14-7-2-3-8-15(14)24-11-19-22-23-24/h2-9,11H,10H2,1H3. The van der Waals surface area contributed by atoms with Gasteiger partial charge in [-0.15, -0.1) is 5.10 Å². The average molecular weight is 378 g/mol. The molecule has 0 amide bonds. The van der Waals surface area contributed by atoms with Crippen LogP contribution in [0.3, 0.4) is 0 Å². The van der Waals surface area contributed by atoms with Crippen molar-refractivity contribution in [3.05, 3.63) is 66.3 Å². The number of esters is 1. The molecule has 2 aromatic carbocycles. The zero-order valence-corrected chi connectivity index (χ0v) is 14.7. The second kappa shape index (κ2) is 7.66. The van der Waals surface area contributed by atoms with Gasteiger partial charge in [-0.05, 0) is 34.7 Å². The monoisotopic (exact) mass is 378 g/mol. The summed E-state index contributed by atoms with van der Waals surface area (Å²) in [5.41, 5.74) is 1.53. The highest BCUT2D eigenvalue weighted by Crippen LogP contribution is 2.21. The SMILES string of the molecule is COc1cccc(-c2noc(COC(=O)c3ccccc3-n3cnnn3)n2)c1. The Morgan fingerprint density at radius 1 is 1.18 bits per heavy atom. The van der Waals surface area contributed by atoms with Gasteiger partial charge in [-0.25, -0.2) is 4.79 Å². The normalized spacial score (nSPS) is 10.6. The van der Waals surface area contributed by atoms with E-state index in [-0.39, 0.29) is 12.5 Å². The number of tetrazole rings is 1. The van der Waals surface area contributed by atoms with Crippen molar-refractivity contribution >= 4 is 5.97 Å². The predicted octanol–water partition coefficient (Wildman–Crippen LogP) is 2.08. The topological polar surface area (TPSA) is 118 Å². The fourth-order valence-electron chi connectivity index (χ4n) is 2.52. The molecule has 0 unspecified atom stereocenters. The molecule has 0 saturated carbocycles. The quantitative estimate of drug-likeness (QED) is 0.465. The molecule has 28 heavy (non-hydrogen) atoms. The molecule has 4 rings (SSSR count). The molecule has 10 heteroatoms. The summed E-state index contributed by atoms with van der Waals surface area (Å²) in [6.45, 7) is -0.167. The van der Waals surface area contributed by atoms with Gasteiger partial charge < -0.3 is 14.0 Å². The number of carbonyl (C=O) groups excluding carboxylic acids is 1. The summed E-state index contributed by atoms with van der Waals surface area (Å²) in [6, 6.07) is 14.1. The lowest BCUT2D eigenvalue weighted by Crippen LogP contribution is -2.10. The molecule has 0 aliphatic rings. The first-order valence-corrected chi connectivity index (χ1v) is 8.21. The van der Waals surface area contributed by atoms with Crippen LogP contribution < -0.4 is 4.74 Å². The van der Waals surface area contributed by atoms with E-state index in [4.69, 9.17) is 14.0 Å². The van der Waals surface area contributed by atoms with E-state index in [1.807, 2.05) is 18.2 Å². The minimum absolute atomic E-state index is 0.167. The van der Waals surface area contributed by atoms with Crippen molar-refractivity contribution in [1.29, 1.82) is 0 Å². The zero-order valence-electron chi connectivity index (χ0n) is 14.7. The Balaban J connectivity index is 1.47. The highest BCUT2D eigenvalue weighted by molar-refractivity contribution is 5.93. The lowest BCUT2D eigenvalue weighted by atomic mass is 10.2. The molecular weight excluding hydrogens is 364 g/mol. The van der Waals surface area contributed by atoms with Gasteiger partial charge in [-0.2, -0.15) is 9.67 Å². The van der Waals surface area contributed by atoms with Crippen LogP contribution in [0, 0.1) is 0 Å². The summed E-state index contributed by atoms with van der Waals surface area (Å²) in [5, 5.41) is 14.9. The van der Waals surface area contributed by atoms with Crippen molar-refractivity contribution in [1.82, 2.24) is 30.3 Å². The Kier molecular flexibility index (Phi) is 4.74. The average Bonchev–Trinajstić information content (AvgIpc) is 3.44. The first-order chi connectivity index (χ1) is 13.7. The number of hydrogen-bond donors (Lipinski definition) is 0. The molecule has 0 N–H and O–H groups in total. The molecule has 0 bridgehead atoms. The molecule has 4 aromatic rings. The van der Waals surface area contributed by atoms with E-state index >= 15 is 0 Å². The van der Waals surface area contributed by atoms with E-state index in [9.17, 15) is 4.79 Å². The van der Waals surface area contributed by atoms with Gasteiger partial charge in [0, 0.05) is 5.56 Å². The van der Waals surface area contributed by atoms with Crippen LogP contribution in [-0.4, -0.2) is 43.4 Å². The number of carbonyl (C=O) groups is 1. The third kappa shape index (κ3) is 3.56. The largest absolute Gasteiger partial charge is 0.497 e. The molecule has 0 atom stereocenters. The van der Waals surface area contributed by atoms with Crippen LogP contribution in [0.15, 0.2) is 59.4 Å². The van der Waals surface area contributed by atoms with Crippen molar-refractivity contribution in [2.24, 2.45) is 0 Å². The molecule has 0 aliphatic carbocycles. The van der Waals surface area contributed by atoms with Gasteiger partial charge in [0.15, 0.2) is 6.61 Å². The number of rotatable bonds is 6. The summed E-state index contributed by atoms with van der Waals surface area (Å²) in [5.74, 6) is 0.659. The fourth-order valence-corrected chi connectivity index (χ4v) is 2.52. The van der Waals surface area contributed by atoms with E-state index in [0.29, 0.717) is 22.8 Å². The summed E-state index contributed by atoms with van der Waals surface area (Å²) in [7, 11) is 1.58. The summed E-state index contributed by atoms with van der Waals surface area (Å²) in [4.78, 5) is 16.7. The van der Waals surface area contributed by atoms with Crippen LogP contribution in [-0.2, 0) is 11.3 Å². The zero-order chi connectivity index (χ0) is 19.3. The highest BCUT2D eigenvalue weighted by atomic mass is 16.6. The second-order valence-electron chi connectivity index (χ2n) is 5.59. The van der Waals surface area contributed by atoms with Crippen molar-refractivity contribution in [2.75, 3.05) is 7.11 Å². The number of methoxy groups -OCH3 is 1. The summed E-state index contributed by atoms with van der Waals surface area (Å²) >= 11 is 0. The smallest absolute Gasteiger partial charge is 0.340 e. The van der Waals surface area contributed by atoms with E-state index in [2.05, 4.69) is 25.7 Å². The predicted molar refractivity (Wildman–Crippen MR) is 94.6 cm³/mol. The maximum atomic E-state index is 12.5. The lowest BCUT2D eigenvalue weighted by Gasteiger charge is -2.07. The van der Waals surface area contributed by atoms with Gasteiger partial charge in [-0.3, -0.25) is 0 Å². The van der Waals surface area contributed by atoms with Gasteiger partial charge in [0.25, 0.3) is 5.89 Å². The maximum Gasteiger partial charge on any atom is 0.340 e. The lowest BCUT2D eigenvalue weighted by molar-refractivity contribution is 0.0429. The van der Waals surface area contributed by atoms with Crippen LogP contribution in [0.2, 0.25) is 0 Å². The molecule has 2 aromatic heterocycles. The van der Waals surface area contributed by atoms with E-state index < -0.39 is 5.97 Å². The molecule has 140 valence electrons. The van der Waals surface area contributed by atoms with Crippen LogP contribution in [0.4, 0.5) is 0 Å². The Morgan fingerprint density at radius 3 is 2.89 bits per heavy atom. The van der Waals surface area contributed by atoms with E-state index in [0.717, 1.165) is 5.56 Å². The van der Waals surface area contributed by atoms with Crippen molar-refractivity contribution in [2.45, 2.75) is 6.61 Å². The molecule has 2 heterocycles. The Labute approximate surface area is 158 Å².